The van der Waals surface area contributed by atoms with E-state index in [2.05, 4.69) is 41.3 Å². The van der Waals surface area contributed by atoms with E-state index in [1.165, 1.54) is 5.56 Å². The van der Waals surface area contributed by atoms with Gasteiger partial charge in [-0.25, -0.2) is 0 Å². The Hall–Kier alpha value is -4.05. The Kier molecular flexibility index (Phi) is 7.62. The van der Waals surface area contributed by atoms with Crippen molar-refractivity contribution in [2.24, 2.45) is 0 Å². The van der Waals surface area contributed by atoms with Crippen LogP contribution in [0.4, 0.5) is 5.69 Å². The summed E-state index contributed by atoms with van der Waals surface area (Å²) in [6, 6.07) is 34.5. The summed E-state index contributed by atoms with van der Waals surface area (Å²) >= 11 is 0. The molecule has 0 aromatic heterocycles. The molecule has 1 aliphatic heterocycles. The van der Waals surface area contributed by atoms with Crippen molar-refractivity contribution in [1.82, 2.24) is 0 Å². The monoisotopic (exact) mass is 477 g/mol. The maximum atomic E-state index is 11.5. The molecule has 0 atom stereocenters. The highest BCUT2D eigenvalue weighted by Gasteiger charge is 2.25. The van der Waals surface area contributed by atoms with Gasteiger partial charge in [-0.15, -0.1) is 0 Å². The van der Waals surface area contributed by atoms with Gasteiger partial charge in [0.25, 0.3) is 0 Å². The van der Waals surface area contributed by atoms with Crippen LogP contribution in [0.25, 0.3) is 0 Å². The molecule has 4 aromatic carbocycles. The molecule has 0 aliphatic carbocycles. The summed E-state index contributed by atoms with van der Waals surface area (Å²) in [5.41, 5.74) is 5.27. The van der Waals surface area contributed by atoms with Crippen LogP contribution in [0, 0.1) is 0 Å². The summed E-state index contributed by atoms with van der Waals surface area (Å²) in [7, 11) is 0. The van der Waals surface area contributed by atoms with Crippen molar-refractivity contribution >= 4 is 12.0 Å². The molecule has 0 unspecified atom stereocenters. The summed E-state index contributed by atoms with van der Waals surface area (Å²) in [5, 5.41) is 0. The molecule has 4 aromatic rings. The molecule has 0 radical (unpaired) electrons. The average Bonchev–Trinajstić information content (AvgIpc) is 2.96. The smallest absolute Gasteiger partial charge is 0.152 e. The van der Waals surface area contributed by atoms with Gasteiger partial charge in [0.1, 0.15) is 24.7 Å². The number of anilines is 1. The first-order chi connectivity index (χ1) is 17.8. The maximum absolute atomic E-state index is 11.5. The van der Waals surface area contributed by atoms with Crippen LogP contribution in [0.2, 0.25) is 0 Å². The number of carbonyl (C=O) groups is 1. The number of piperidine rings is 1. The van der Waals surface area contributed by atoms with Gasteiger partial charge < -0.3 is 14.4 Å². The first-order valence-electron chi connectivity index (χ1n) is 12.6. The van der Waals surface area contributed by atoms with Crippen molar-refractivity contribution in [3.8, 4) is 11.5 Å². The summed E-state index contributed by atoms with van der Waals surface area (Å²) in [5.74, 6) is 2.08. The van der Waals surface area contributed by atoms with Gasteiger partial charge in [0.15, 0.2) is 6.29 Å². The van der Waals surface area contributed by atoms with Gasteiger partial charge in [0, 0.05) is 30.4 Å². The number of ether oxygens (including phenoxy) is 2. The van der Waals surface area contributed by atoms with E-state index in [1.807, 2.05) is 66.7 Å². The van der Waals surface area contributed by atoms with E-state index in [9.17, 15) is 4.79 Å². The van der Waals surface area contributed by atoms with Crippen LogP contribution in [0.15, 0.2) is 103 Å². The second-order valence-electron chi connectivity index (χ2n) is 9.19. The molecule has 5 rings (SSSR count). The molecule has 1 saturated heterocycles. The predicted molar refractivity (Wildman–Crippen MR) is 144 cm³/mol. The van der Waals surface area contributed by atoms with E-state index in [0.717, 1.165) is 66.1 Å². The van der Waals surface area contributed by atoms with Gasteiger partial charge in [-0.2, -0.15) is 0 Å². The number of benzene rings is 4. The van der Waals surface area contributed by atoms with Gasteiger partial charge in [-0.1, -0.05) is 78.9 Å². The highest BCUT2D eigenvalue weighted by atomic mass is 16.5. The van der Waals surface area contributed by atoms with E-state index >= 15 is 0 Å². The molecule has 36 heavy (non-hydrogen) atoms. The standard InChI is InChI=1S/C32H31NO3/c34-22-28-13-7-8-14-31(28)33-19-17-27(18-20-33)30-16-15-29(35-23-25-9-3-1-4-10-25)21-32(30)36-24-26-11-5-2-6-12-26/h1-16,21-22,27H,17-20,23-24H2. The van der Waals surface area contributed by atoms with Gasteiger partial charge in [-0.3, -0.25) is 4.79 Å². The van der Waals surface area contributed by atoms with E-state index < -0.39 is 0 Å². The van der Waals surface area contributed by atoms with Crippen molar-refractivity contribution in [3.05, 3.63) is 125 Å². The Morgan fingerprint density at radius 3 is 2.00 bits per heavy atom. The molecule has 0 amide bonds. The van der Waals surface area contributed by atoms with Crippen LogP contribution < -0.4 is 14.4 Å². The predicted octanol–water partition coefficient (Wildman–Crippen LogP) is 7.04. The summed E-state index contributed by atoms with van der Waals surface area (Å²) in [4.78, 5) is 13.8. The highest BCUT2D eigenvalue weighted by Crippen LogP contribution is 2.38. The lowest BCUT2D eigenvalue weighted by molar-refractivity contribution is 0.112. The van der Waals surface area contributed by atoms with Gasteiger partial charge in [0.05, 0.1) is 0 Å². The average molecular weight is 478 g/mol. The molecule has 1 heterocycles. The number of para-hydroxylation sites is 1. The van der Waals surface area contributed by atoms with E-state index in [-0.39, 0.29) is 0 Å². The van der Waals surface area contributed by atoms with Crippen molar-refractivity contribution in [1.29, 1.82) is 0 Å². The SMILES string of the molecule is O=Cc1ccccc1N1CCC(c2ccc(OCc3ccccc3)cc2OCc2ccccc2)CC1. The third-order valence-corrected chi connectivity index (χ3v) is 6.81. The fourth-order valence-corrected chi connectivity index (χ4v) is 4.85. The number of nitrogens with zero attached hydrogens (tertiary/aromatic N) is 1. The third-order valence-electron chi connectivity index (χ3n) is 6.81. The normalized spacial score (nSPS) is 13.8. The van der Waals surface area contributed by atoms with Crippen LogP contribution in [-0.2, 0) is 13.2 Å². The summed E-state index contributed by atoms with van der Waals surface area (Å²) in [6.07, 6.45) is 2.95. The zero-order valence-corrected chi connectivity index (χ0v) is 20.4. The number of carbonyl (C=O) groups excluding carboxylic acids is 1. The lowest BCUT2D eigenvalue weighted by Gasteiger charge is -2.35. The van der Waals surface area contributed by atoms with E-state index in [1.54, 1.807) is 0 Å². The number of rotatable bonds is 9. The number of aldehydes is 1. The third kappa shape index (κ3) is 5.77. The summed E-state index contributed by atoms with van der Waals surface area (Å²) < 4.78 is 12.5. The Morgan fingerprint density at radius 1 is 0.722 bits per heavy atom. The van der Waals surface area contributed by atoms with Crippen molar-refractivity contribution in [2.45, 2.75) is 32.0 Å². The summed E-state index contributed by atoms with van der Waals surface area (Å²) in [6.45, 7) is 2.84. The lowest BCUT2D eigenvalue weighted by Crippen LogP contribution is -2.33. The molecule has 4 heteroatoms. The molecule has 0 saturated carbocycles. The Morgan fingerprint density at radius 2 is 1.33 bits per heavy atom. The van der Waals surface area contributed by atoms with Crippen molar-refractivity contribution in [2.75, 3.05) is 18.0 Å². The van der Waals surface area contributed by atoms with E-state index in [4.69, 9.17) is 9.47 Å². The van der Waals surface area contributed by atoms with Crippen LogP contribution in [0.3, 0.4) is 0 Å². The zero-order valence-electron chi connectivity index (χ0n) is 20.4. The first kappa shape index (κ1) is 23.7. The van der Waals surface area contributed by atoms with Crippen LogP contribution in [0.1, 0.15) is 45.8 Å². The minimum absolute atomic E-state index is 0.388. The Balaban J connectivity index is 1.32. The maximum Gasteiger partial charge on any atom is 0.152 e. The van der Waals surface area contributed by atoms with Crippen LogP contribution >= 0.6 is 0 Å². The van der Waals surface area contributed by atoms with Crippen molar-refractivity contribution in [3.63, 3.8) is 0 Å². The minimum Gasteiger partial charge on any atom is -0.489 e. The van der Waals surface area contributed by atoms with E-state index in [0.29, 0.717) is 19.1 Å². The molecular formula is C32H31NO3. The molecule has 0 spiro atoms. The number of hydrogen-bond acceptors (Lipinski definition) is 4. The lowest BCUT2D eigenvalue weighted by atomic mass is 9.88. The van der Waals surface area contributed by atoms with Gasteiger partial charge in [-0.05, 0) is 53.6 Å². The zero-order chi connectivity index (χ0) is 24.6. The number of hydrogen-bond donors (Lipinski definition) is 0. The van der Waals surface area contributed by atoms with Crippen molar-refractivity contribution < 1.29 is 14.3 Å². The second-order valence-corrected chi connectivity index (χ2v) is 9.19. The fraction of sp³-hybridized carbons (Fsp3) is 0.219. The van der Waals surface area contributed by atoms with Gasteiger partial charge >= 0.3 is 0 Å². The van der Waals surface area contributed by atoms with Crippen LogP contribution in [-0.4, -0.2) is 19.4 Å². The minimum atomic E-state index is 0.388. The molecule has 182 valence electrons. The highest BCUT2D eigenvalue weighted by molar-refractivity contribution is 5.84. The van der Waals surface area contributed by atoms with Gasteiger partial charge in [0.2, 0.25) is 0 Å². The Bertz CT molecular complexity index is 1270. The molecule has 1 fully saturated rings. The molecule has 0 bridgehead atoms. The first-order valence-corrected chi connectivity index (χ1v) is 12.6. The topological polar surface area (TPSA) is 38.8 Å². The molecule has 4 nitrogen and oxygen atoms in total. The fourth-order valence-electron chi connectivity index (χ4n) is 4.85. The quantitative estimate of drug-likeness (QED) is 0.242. The second kappa shape index (κ2) is 11.6. The molecule has 0 N–H and O–H groups in total. The van der Waals surface area contributed by atoms with Crippen LogP contribution in [0.5, 0.6) is 11.5 Å². The Labute approximate surface area is 213 Å². The molecular weight excluding hydrogens is 446 g/mol. The largest absolute Gasteiger partial charge is 0.489 e. The molecule has 1 aliphatic rings.